The molecule has 1 aliphatic rings. The average molecular weight is 544 g/mol. The summed E-state index contributed by atoms with van der Waals surface area (Å²) < 4.78 is 6.75. The van der Waals surface area contributed by atoms with Gasteiger partial charge in [0.2, 0.25) is 0 Å². The van der Waals surface area contributed by atoms with E-state index in [0.717, 1.165) is 26.9 Å². The van der Waals surface area contributed by atoms with Crippen LogP contribution in [0.4, 0.5) is 5.69 Å². The molecule has 4 aromatic carbocycles. The molecule has 6 heteroatoms. The number of amides is 1. The van der Waals surface area contributed by atoms with Crippen LogP contribution in [0.5, 0.6) is 5.75 Å². The van der Waals surface area contributed by atoms with E-state index in [1.165, 1.54) is 5.01 Å². The molecule has 0 atom stereocenters. The van der Waals surface area contributed by atoms with Gasteiger partial charge in [0.15, 0.2) is 0 Å². The Labute approximate surface area is 217 Å². The highest BCUT2D eigenvalue weighted by Crippen LogP contribution is 2.31. The third-order valence-electron chi connectivity index (χ3n) is 5.48. The molecule has 0 bridgehead atoms. The monoisotopic (exact) mass is 542 g/mol. The number of benzene rings is 4. The van der Waals surface area contributed by atoms with Crippen molar-refractivity contribution < 1.29 is 9.53 Å². The van der Waals surface area contributed by atoms with Gasteiger partial charge in [-0.15, -0.1) is 0 Å². The van der Waals surface area contributed by atoms with E-state index in [-0.39, 0.29) is 5.91 Å². The Balaban J connectivity index is 1.44. The fraction of sp³-hybridized carbons (Fsp3) is 0.0345. The topological polar surface area (TPSA) is 41.9 Å². The van der Waals surface area contributed by atoms with Gasteiger partial charge in [-0.05, 0) is 69.5 Å². The van der Waals surface area contributed by atoms with Crippen LogP contribution in [0, 0.1) is 0 Å². The van der Waals surface area contributed by atoms with Crippen LogP contribution >= 0.6 is 27.5 Å². The molecule has 1 amide bonds. The first-order chi connectivity index (χ1) is 17.1. The van der Waals surface area contributed by atoms with Crippen molar-refractivity contribution in [3.8, 4) is 5.75 Å². The fourth-order valence-corrected chi connectivity index (χ4v) is 4.50. The lowest BCUT2D eigenvalue weighted by molar-refractivity contribution is -0.114. The zero-order chi connectivity index (χ0) is 24.2. The first kappa shape index (κ1) is 23.1. The number of ether oxygens (including phenoxy) is 1. The number of hydrazone groups is 1. The van der Waals surface area contributed by atoms with Crippen molar-refractivity contribution in [2.45, 2.75) is 6.61 Å². The lowest BCUT2D eigenvalue weighted by atomic mass is 10.0. The predicted octanol–water partition coefficient (Wildman–Crippen LogP) is 7.52. The standard InChI is InChI=1S/C29H20BrClN2O2/c30-26-18-20(14-15-27(26)35-19-21-8-7-11-23(31)16-21)17-25-28(22-9-3-1-4-10-22)32-33(29(25)34)24-12-5-2-6-13-24/h1-18H,19H2/b25-17-. The molecule has 0 radical (unpaired) electrons. The largest absolute Gasteiger partial charge is 0.488 e. The van der Waals surface area contributed by atoms with Gasteiger partial charge in [0, 0.05) is 10.6 Å². The first-order valence-electron chi connectivity index (χ1n) is 11.0. The molecule has 0 saturated heterocycles. The van der Waals surface area contributed by atoms with Gasteiger partial charge in [0.25, 0.3) is 5.91 Å². The molecule has 0 saturated carbocycles. The Morgan fingerprint density at radius 3 is 2.34 bits per heavy atom. The molecule has 4 aromatic rings. The highest BCUT2D eigenvalue weighted by atomic mass is 79.9. The van der Waals surface area contributed by atoms with Crippen molar-refractivity contribution in [1.29, 1.82) is 0 Å². The normalized spacial score (nSPS) is 14.3. The van der Waals surface area contributed by atoms with Crippen LogP contribution in [-0.4, -0.2) is 11.6 Å². The van der Waals surface area contributed by atoms with Crippen LogP contribution < -0.4 is 9.75 Å². The Kier molecular flexibility index (Phi) is 6.80. The molecule has 172 valence electrons. The Morgan fingerprint density at radius 2 is 1.63 bits per heavy atom. The Hall–Kier alpha value is -3.67. The molecule has 0 aliphatic carbocycles. The number of nitrogens with zero attached hydrogens (tertiary/aromatic N) is 2. The quantitative estimate of drug-likeness (QED) is 0.236. The highest BCUT2D eigenvalue weighted by Gasteiger charge is 2.31. The minimum absolute atomic E-state index is 0.174. The van der Waals surface area contributed by atoms with Gasteiger partial charge in [0.05, 0.1) is 15.7 Å². The summed E-state index contributed by atoms with van der Waals surface area (Å²) in [5, 5.41) is 6.81. The molecule has 1 heterocycles. The summed E-state index contributed by atoms with van der Waals surface area (Å²) in [6.45, 7) is 0.398. The number of rotatable bonds is 6. The van der Waals surface area contributed by atoms with E-state index in [9.17, 15) is 4.79 Å². The van der Waals surface area contributed by atoms with Crippen LogP contribution in [0.25, 0.3) is 6.08 Å². The van der Waals surface area contributed by atoms with Crippen LogP contribution in [0.2, 0.25) is 5.02 Å². The number of hydrogen-bond donors (Lipinski definition) is 0. The van der Waals surface area contributed by atoms with Crippen LogP contribution in [0.1, 0.15) is 16.7 Å². The van der Waals surface area contributed by atoms with Gasteiger partial charge in [-0.25, -0.2) is 0 Å². The number of halogens is 2. The maximum atomic E-state index is 13.4. The summed E-state index contributed by atoms with van der Waals surface area (Å²) in [4.78, 5) is 13.4. The Morgan fingerprint density at radius 1 is 0.886 bits per heavy atom. The van der Waals surface area contributed by atoms with Crippen LogP contribution in [-0.2, 0) is 11.4 Å². The zero-order valence-electron chi connectivity index (χ0n) is 18.6. The number of para-hydroxylation sites is 1. The van der Waals surface area contributed by atoms with Crippen LogP contribution in [0.3, 0.4) is 0 Å². The number of carbonyl (C=O) groups excluding carboxylic acids is 1. The number of anilines is 1. The summed E-state index contributed by atoms with van der Waals surface area (Å²) in [5.41, 5.74) is 4.61. The van der Waals surface area contributed by atoms with Crippen molar-refractivity contribution >= 4 is 50.9 Å². The van der Waals surface area contributed by atoms with Gasteiger partial charge in [-0.1, -0.05) is 78.3 Å². The summed E-state index contributed by atoms with van der Waals surface area (Å²) in [7, 11) is 0. The van der Waals surface area contributed by atoms with E-state index in [1.54, 1.807) is 0 Å². The SMILES string of the molecule is O=C1/C(=C\c2ccc(OCc3cccc(Cl)c3)c(Br)c2)C(c2ccccc2)=NN1c1ccccc1. The molecule has 1 aliphatic heterocycles. The molecule has 0 spiro atoms. The zero-order valence-corrected chi connectivity index (χ0v) is 20.9. The van der Waals surface area contributed by atoms with Crippen molar-refractivity contribution in [3.05, 3.63) is 135 Å². The van der Waals surface area contributed by atoms with E-state index in [1.807, 2.05) is 109 Å². The molecule has 0 aromatic heterocycles. The number of hydrogen-bond acceptors (Lipinski definition) is 3. The van der Waals surface area contributed by atoms with Crippen molar-refractivity contribution in [1.82, 2.24) is 0 Å². The smallest absolute Gasteiger partial charge is 0.281 e. The predicted molar refractivity (Wildman–Crippen MR) is 145 cm³/mol. The molecule has 5 rings (SSSR count). The summed E-state index contributed by atoms with van der Waals surface area (Å²) >= 11 is 9.67. The molecular formula is C29H20BrClN2O2. The molecule has 4 nitrogen and oxygen atoms in total. The van der Waals surface area contributed by atoms with E-state index in [0.29, 0.717) is 28.7 Å². The summed E-state index contributed by atoms with van der Waals surface area (Å²) in [6.07, 6.45) is 1.86. The fourth-order valence-electron chi connectivity index (χ4n) is 3.78. The second kappa shape index (κ2) is 10.3. The molecular weight excluding hydrogens is 524 g/mol. The van der Waals surface area contributed by atoms with E-state index in [4.69, 9.17) is 16.3 Å². The van der Waals surface area contributed by atoms with Gasteiger partial charge in [-0.3, -0.25) is 4.79 Å². The molecule has 0 unspecified atom stereocenters. The van der Waals surface area contributed by atoms with E-state index >= 15 is 0 Å². The minimum atomic E-state index is -0.174. The second-order valence-electron chi connectivity index (χ2n) is 7.93. The maximum absolute atomic E-state index is 13.4. The Bertz CT molecular complexity index is 1440. The summed E-state index contributed by atoms with van der Waals surface area (Å²) in [5.74, 6) is 0.528. The maximum Gasteiger partial charge on any atom is 0.281 e. The lowest BCUT2D eigenvalue weighted by Gasteiger charge is -2.11. The average Bonchev–Trinajstić information content (AvgIpc) is 3.20. The van der Waals surface area contributed by atoms with E-state index in [2.05, 4.69) is 21.0 Å². The minimum Gasteiger partial charge on any atom is -0.488 e. The molecule has 0 N–H and O–H groups in total. The third-order valence-corrected chi connectivity index (χ3v) is 6.33. The molecule has 0 fully saturated rings. The number of carbonyl (C=O) groups is 1. The van der Waals surface area contributed by atoms with Gasteiger partial charge in [-0.2, -0.15) is 10.1 Å². The van der Waals surface area contributed by atoms with Crippen molar-refractivity contribution in [2.24, 2.45) is 5.10 Å². The first-order valence-corrected chi connectivity index (χ1v) is 12.2. The van der Waals surface area contributed by atoms with E-state index < -0.39 is 0 Å². The van der Waals surface area contributed by atoms with Gasteiger partial charge >= 0.3 is 0 Å². The highest BCUT2D eigenvalue weighted by molar-refractivity contribution is 9.10. The third kappa shape index (κ3) is 5.21. The molecule has 35 heavy (non-hydrogen) atoms. The van der Waals surface area contributed by atoms with Crippen molar-refractivity contribution in [2.75, 3.05) is 5.01 Å². The van der Waals surface area contributed by atoms with Gasteiger partial charge in [0.1, 0.15) is 18.1 Å². The summed E-state index contributed by atoms with van der Waals surface area (Å²) in [6, 6.07) is 32.5. The van der Waals surface area contributed by atoms with Gasteiger partial charge < -0.3 is 4.74 Å². The second-order valence-corrected chi connectivity index (χ2v) is 9.22. The van der Waals surface area contributed by atoms with Crippen LogP contribution in [0.15, 0.2) is 118 Å². The lowest BCUT2D eigenvalue weighted by Crippen LogP contribution is -2.21. The van der Waals surface area contributed by atoms with Crippen molar-refractivity contribution in [3.63, 3.8) is 0 Å².